The number of benzene rings is 2. The average Bonchev–Trinajstić information content (AvgIpc) is 3.27. The standard InChI is InChI=1S/C22H23FN8O2/c1-12(13-4-7-15(23)8-5-13)25-21-27-20(24)28-22(29-21)26-19-11-16(30-31-19)14-6-9-17(32-2)18(10-14)33-3/h4-12H,1-3H3,(H5,24,25,26,27,28,29,30,31). The van der Waals surface area contributed by atoms with Crippen LogP contribution in [0.5, 0.6) is 11.5 Å². The van der Waals surface area contributed by atoms with E-state index in [-0.39, 0.29) is 29.7 Å². The normalized spacial score (nSPS) is 11.6. The zero-order chi connectivity index (χ0) is 23.4. The van der Waals surface area contributed by atoms with Gasteiger partial charge in [0.1, 0.15) is 5.82 Å². The molecule has 33 heavy (non-hydrogen) atoms. The van der Waals surface area contributed by atoms with Crippen molar-refractivity contribution in [3.05, 3.63) is 59.9 Å². The van der Waals surface area contributed by atoms with Crippen molar-refractivity contribution >= 4 is 23.7 Å². The molecule has 2 aromatic heterocycles. The summed E-state index contributed by atoms with van der Waals surface area (Å²) < 4.78 is 23.8. The molecule has 5 N–H and O–H groups in total. The highest BCUT2D eigenvalue weighted by Crippen LogP contribution is 2.32. The molecule has 0 aliphatic carbocycles. The fourth-order valence-corrected chi connectivity index (χ4v) is 3.19. The molecule has 0 bridgehead atoms. The van der Waals surface area contributed by atoms with E-state index in [1.807, 2.05) is 25.1 Å². The molecule has 0 saturated heterocycles. The molecule has 0 amide bonds. The number of hydrogen-bond donors (Lipinski definition) is 4. The number of halogens is 1. The third kappa shape index (κ3) is 5.09. The van der Waals surface area contributed by atoms with Gasteiger partial charge in [0.15, 0.2) is 17.3 Å². The Hall–Kier alpha value is -4.41. The summed E-state index contributed by atoms with van der Waals surface area (Å²) in [6.07, 6.45) is 0. The van der Waals surface area contributed by atoms with Crippen molar-refractivity contribution in [3.63, 3.8) is 0 Å². The molecule has 1 unspecified atom stereocenters. The second-order valence-electron chi connectivity index (χ2n) is 7.12. The van der Waals surface area contributed by atoms with Crippen molar-refractivity contribution in [2.24, 2.45) is 0 Å². The topological polar surface area (TPSA) is 136 Å². The highest BCUT2D eigenvalue weighted by Gasteiger charge is 2.13. The van der Waals surface area contributed by atoms with E-state index in [0.717, 1.165) is 16.8 Å². The summed E-state index contributed by atoms with van der Waals surface area (Å²) in [5.41, 5.74) is 8.34. The highest BCUT2D eigenvalue weighted by molar-refractivity contribution is 5.67. The van der Waals surface area contributed by atoms with Crippen LogP contribution in [0.15, 0.2) is 48.5 Å². The van der Waals surface area contributed by atoms with E-state index in [1.54, 1.807) is 32.4 Å². The van der Waals surface area contributed by atoms with E-state index < -0.39 is 0 Å². The van der Waals surface area contributed by atoms with E-state index in [1.165, 1.54) is 12.1 Å². The summed E-state index contributed by atoms with van der Waals surface area (Å²) in [5.74, 6) is 1.97. The number of aromatic nitrogens is 5. The molecule has 0 aliphatic rings. The van der Waals surface area contributed by atoms with Gasteiger partial charge < -0.3 is 25.8 Å². The highest BCUT2D eigenvalue weighted by atomic mass is 19.1. The van der Waals surface area contributed by atoms with Crippen LogP contribution in [0.1, 0.15) is 18.5 Å². The Bertz CT molecular complexity index is 1250. The predicted octanol–water partition coefficient (Wildman–Crippen LogP) is 3.92. The first-order valence-corrected chi connectivity index (χ1v) is 10.0. The van der Waals surface area contributed by atoms with E-state index in [4.69, 9.17) is 15.2 Å². The van der Waals surface area contributed by atoms with Gasteiger partial charge in [-0.15, -0.1) is 0 Å². The summed E-state index contributed by atoms with van der Waals surface area (Å²) in [5, 5.41) is 13.4. The Morgan fingerprint density at radius 1 is 0.939 bits per heavy atom. The van der Waals surface area contributed by atoms with E-state index in [2.05, 4.69) is 35.8 Å². The number of rotatable bonds is 8. The van der Waals surface area contributed by atoms with Gasteiger partial charge in [-0.25, -0.2) is 4.39 Å². The van der Waals surface area contributed by atoms with Crippen LogP contribution in [0.2, 0.25) is 0 Å². The molecule has 4 rings (SSSR count). The Morgan fingerprint density at radius 3 is 2.39 bits per heavy atom. The Labute approximate surface area is 189 Å². The van der Waals surface area contributed by atoms with Crippen molar-refractivity contribution in [2.45, 2.75) is 13.0 Å². The Balaban J connectivity index is 1.50. The molecule has 11 heteroatoms. The second kappa shape index (κ2) is 9.39. The lowest BCUT2D eigenvalue weighted by Gasteiger charge is -2.15. The number of anilines is 4. The first kappa shape index (κ1) is 21.8. The molecular weight excluding hydrogens is 427 g/mol. The summed E-state index contributed by atoms with van der Waals surface area (Å²) in [6, 6.07) is 13.3. The number of nitrogens with one attached hydrogen (secondary N) is 3. The molecule has 0 fully saturated rings. The molecule has 2 heterocycles. The van der Waals surface area contributed by atoms with Crippen LogP contribution in [0.4, 0.5) is 28.1 Å². The van der Waals surface area contributed by atoms with Gasteiger partial charge in [0, 0.05) is 11.6 Å². The van der Waals surface area contributed by atoms with Crippen LogP contribution in [-0.4, -0.2) is 39.4 Å². The van der Waals surface area contributed by atoms with Crippen molar-refractivity contribution in [1.82, 2.24) is 25.1 Å². The zero-order valence-electron chi connectivity index (χ0n) is 18.3. The average molecular weight is 450 g/mol. The van der Waals surface area contributed by atoms with E-state index in [0.29, 0.717) is 17.3 Å². The fourth-order valence-electron chi connectivity index (χ4n) is 3.19. The largest absolute Gasteiger partial charge is 0.493 e. The maximum atomic E-state index is 13.2. The van der Waals surface area contributed by atoms with Crippen molar-refractivity contribution in [2.75, 3.05) is 30.6 Å². The number of nitrogens with two attached hydrogens (primary N) is 1. The number of ether oxygens (including phenoxy) is 2. The van der Waals surface area contributed by atoms with Gasteiger partial charge in [-0.3, -0.25) is 5.10 Å². The lowest BCUT2D eigenvalue weighted by Crippen LogP contribution is -2.12. The lowest BCUT2D eigenvalue weighted by atomic mass is 10.1. The second-order valence-corrected chi connectivity index (χ2v) is 7.12. The maximum absolute atomic E-state index is 13.2. The lowest BCUT2D eigenvalue weighted by molar-refractivity contribution is 0.355. The van der Waals surface area contributed by atoms with E-state index in [9.17, 15) is 4.39 Å². The van der Waals surface area contributed by atoms with Crippen molar-refractivity contribution in [1.29, 1.82) is 0 Å². The van der Waals surface area contributed by atoms with Crippen molar-refractivity contribution in [3.8, 4) is 22.8 Å². The molecule has 0 spiro atoms. The summed E-state index contributed by atoms with van der Waals surface area (Å²) in [6.45, 7) is 1.91. The summed E-state index contributed by atoms with van der Waals surface area (Å²) >= 11 is 0. The predicted molar refractivity (Wildman–Crippen MR) is 123 cm³/mol. The van der Waals surface area contributed by atoms with Crippen LogP contribution in [0, 0.1) is 5.82 Å². The summed E-state index contributed by atoms with van der Waals surface area (Å²) in [4.78, 5) is 12.6. The SMILES string of the molecule is COc1ccc(-c2cc(Nc3nc(N)nc(NC(C)c4ccc(F)cc4)n3)n[nH]2)cc1OC. The molecule has 0 saturated carbocycles. The van der Waals surface area contributed by atoms with Crippen LogP contribution in [-0.2, 0) is 0 Å². The van der Waals surface area contributed by atoms with Gasteiger partial charge in [-0.05, 0) is 42.8 Å². The zero-order valence-corrected chi connectivity index (χ0v) is 18.3. The number of aromatic amines is 1. The smallest absolute Gasteiger partial charge is 0.235 e. The third-order valence-electron chi connectivity index (χ3n) is 4.88. The number of hydrogen-bond acceptors (Lipinski definition) is 9. The van der Waals surface area contributed by atoms with Crippen LogP contribution in [0.25, 0.3) is 11.3 Å². The molecule has 0 radical (unpaired) electrons. The molecular formula is C22H23FN8O2. The fraction of sp³-hybridized carbons (Fsp3) is 0.182. The molecule has 1 atom stereocenters. The number of nitrogens with zero attached hydrogens (tertiary/aromatic N) is 4. The van der Waals surface area contributed by atoms with E-state index >= 15 is 0 Å². The minimum absolute atomic E-state index is 0.0388. The first-order valence-electron chi connectivity index (χ1n) is 10.0. The van der Waals surface area contributed by atoms with Gasteiger partial charge in [-0.2, -0.15) is 20.1 Å². The van der Waals surface area contributed by atoms with Crippen LogP contribution < -0.4 is 25.8 Å². The summed E-state index contributed by atoms with van der Waals surface area (Å²) in [7, 11) is 3.16. The minimum atomic E-state index is -0.298. The van der Waals surface area contributed by atoms with Crippen LogP contribution >= 0.6 is 0 Å². The number of nitrogen functional groups attached to an aromatic ring is 1. The van der Waals surface area contributed by atoms with Gasteiger partial charge in [-0.1, -0.05) is 12.1 Å². The monoisotopic (exact) mass is 450 g/mol. The molecule has 2 aromatic carbocycles. The third-order valence-corrected chi connectivity index (χ3v) is 4.88. The Kier molecular flexibility index (Phi) is 6.20. The van der Waals surface area contributed by atoms with Gasteiger partial charge in [0.25, 0.3) is 0 Å². The number of methoxy groups -OCH3 is 2. The quantitative estimate of drug-likeness (QED) is 0.315. The van der Waals surface area contributed by atoms with Gasteiger partial charge in [0.05, 0.1) is 26.0 Å². The molecule has 4 aromatic rings. The number of H-pyrrole nitrogens is 1. The first-order chi connectivity index (χ1) is 15.9. The minimum Gasteiger partial charge on any atom is -0.493 e. The molecule has 10 nitrogen and oxygen atoms in total. The van der Waals surface area contributed by atoms with Gasteiger partial charge >= 0.3 is 0 Å². The van der Waals surface area contributed by atoms with Crippen molar-refractivity contribution < 1.29 is 13.9 Å². The Morgan fingerprint density at radius 2 is 1.67 bits per heavy atom. The molecule has 0 aliphatic heterocycles. The maximum Gasteiger partial charge on any atom is 0.235 e. The van der Waals surface area contributed by atoms with Gasteiger partial charge in [0.2, 0.25) is 17.8 Å². The molecule has 170 valence electrons. The van der Waals surface area contributed by atoms with Crippen LogP contribution in [0.3, 0.4) is 0 Å².